The highest BCUT2D eigenvalue weighted by atomic mass is 32.1. The van der Waals surface area contributed by atoms with Crippen molar-refractivity contribution in [2.24, 2.45) is 11.7 Å². The van der Waals surface area contributed by atoms with Crippen LogP contribution >= 0.6 is 12.6 Å². The van der Waals surface area contributed by atoms with E-state index in [0.29, 0.717) is 13.0 Å². The third kappa shape index (κ3) is 9.49. The fraction of sp³-hybridized carbons (Fsp3) is 0.571. The minimum atomic E-state index is -0.818. The molecule has 0 bridgehead atoms. The molecule has 2 amide bonds. The van der Waals surface area contributed by atoms with Gasteiger partial charge < -0.3 is 25.8 Å². The molecule has 0 spiro atoms. The van der Waals surface area contributed by atoms with Gasteiger partial charge in [0, 0.05) is 0 Å². The third-order valence-electron chi connectivity index (χ3n) is 4.42. The van der Waals surface area contributed by atoms with Crippen molar-refractivity contribution in [3.63, 3.8) is 0 Å². The zero-order chi connectivity index (χ0) is 22.5. The zero-order valence-corrected chi connectivity index (χ0v) is 18.7. The summed E-state index contributed by atoms with van der Waals surface area (Å²) in [6, 6.07) is 5.80. The Balaban J connectivity index is 2.56. The summed E-state index contributed by atoms with van der Waals surface area (Å²) in [6.07, 6.45) is 2.27. The number of methoxy groups -OCH3 is 1. The van der Waals surface area contributed by atoms with Gasteiger partial charge in [0.1, 0.15) is 18.3 Å². The topological polar surface area (TPSA) is 120 Å². The van der Waals surface area contributed by atoms with Crippen molar-refractivity contribution in [1.29, 1.82) is 0 Å². The van der Waals surface area contributed by atoms with E-state index in [9.17, 15) is 14.4 Å². The molecule has 168 valence electrons. The summed E-state index contributed by atoms with van der Waals surface area (Å²) in [6.45, 7) is 3.96. The molecule has 0 fully saturated rings. The first kappa shape index (κ1) is 25.8. The predicted molar refractivity (Wildman–Crippen MR) is 118 cm³/mol. The minimum Gasteiger partial charge on any atom is -0.494 e. The van der Waals surface area contributed by atoms with Gasteiger partial charge >= 0.3 is 5.97 Å². The number of benzene rings is 1. The molecule has 0 saturated carbocycles. The smallest absolute Gasteiger partial charge is 0.325 e. The SMILES string of the molecule is COC(=O)CNC(=O)[C@@H](NC(=O)[C@@H](N)Cc1ccc(OCCCCS)cc1)C(C)C. The standard InChI is InChI=1S/C21H33N3O5S/c1-14(2)19(21(27)23-13-18(25)28-3)24-20(26)17(22)12-15-6-8-16(9-7-15)29-10-4-5-11-30/h6-9,14,17,19,30H,4-5,10-13,22H2,1-3H3,(H,23,27)(H,24,26)/t17-,19-/m0/s1. The number of hydrogen-bond donors (Lipinski definition) is 4. The summed E-state index contributed by atoms with van der Waals surface area (Å²) in [5, 5.41) is 5.12. The third-order valence-corrected chi connectivity index (χ3v) is 4.73. The van der Waals surface area contributed by atoms with Crippen LogP contribution < -0.4 is 21.1 Å². The van der Waals surface area contributed by atoms with E-state index in [-0.39, 0.29) is 12.5 Å². The lowest BCUT2D eigenvalue weighted by atomic mass is 10.0. The summed E-state index contributed by atoms with van der Waals surface area (Å²) in [5.41, 5.74) is 6.92. The van der Waals surface area contributed by atoms with Crippen molar-refractivity contribution < 1.29 is 23.9 Å². The summed E-state index contributed by atoms with van der Waals surface area (Å²) in [7, 11) is 1.23. The van der Waals surface area contributed by atoms with Crippen molar-refractivity contribution in [1.82, 2.24) is 10.6 Å². The van der Waals surface area contributed by atoms with Gasteiger partial charge in [-0.1, -0.05) is 26.0 Å². The molecule has 9 heteroatoms. The van der Waals surface area contributed by atoms with Gasteiger partial charge in [-0.25, -0.2) is 0 Å². The number of esters is 1. The van der Waals surface area contributed by atoms with Gasteiger partial charge in [-0.2, -0.15) is 12.6 Å². The van der Waals surface area contributed by atoms with Crippen LogP contribution in [-0.2, 0) is 25.5 Å². The molecule has 8 nitrogen and oxygen atoms in total. The molecule has 1 aromatic carbocycles. The maximum atomic E-state index is 12.5. The largest absolute Gasteiger partial charge is 0.494 e. The van der Waals surface area contributed by atoms with Crippen molar-refractivity contribution in [3.8, 4) is 5.75 Å². The lowest BCUT2D eigenvalue weighted by molar-refractivity contribution is -0.141. The van der Waals surface area contributed by atoms with Crippen molar-refractivity contribution in [2.75, 3.05) is 26.0 Å². The molecule has 0 heterocycles. The number of nitrogens with one attached hydrogen (secondary N) is 2. The number of thiol groups is 1. The molecule has 0 unspecified atom stereocenters. The second-order valence-electron chi connectivity index (χ2n) is 7.26. The van der Waals surface area contributed by atoms with Crippen LogP contribution in [-0.4, -0.2) is 55.9 Å². The van der Waals surface area contributed by atoms with Crippen molar-refractivity contribution in [3.05, 3.63) is 29.8 Å². The Bertz CT molecular complexity index is 682. The lowest BCUT2D eigenvalue weighted by Crippen LogP contribution is -2.54. The maximum Gasteiger partial charge on any atom is 0.325 e. The van der Waals surface area contributed by atoms with E-state index < -0.39 is 29.9 Å². The summed E-state index contributed by atoms with van der Waals surface area (Å²) in [4.78, 5) is 36.0. The number of nitrogens with two attached hydrogens (primary N) is 1. The molecule has 0 aliphatic carbocycles. The van der Waals surface area contributed by atoms with E-state index in [2.05, 4.69) is 28.0 Å². The van der Waals surface area contributed by atoms with Gasteiger partial charge in [0.15, 0.2) is 0 Å². The molecule has 0 aliphatic heterocycles. The van der Waals surface area contributed by atoms with Crippen molar-refractivity contribution >= 4 is 30.4 Å². The van der Waals surface area contributed by atoms with Gasteiger partial charge in [-0.3, -0.25) is 14.4 Å². The van der Waals surface area contributed by atoms with Gasteiger partial charge in [0.05, 0.1) is 19.8 Å². The van der Waals surface area contributed by atoms with Crippen LogP contribution in [0.2, 0.25) is 0 Å². The number of unbranched alkanes of at least 4 members (excludes halogenated alkanes) is 1. The molecular weight excluding hydrogens is 406 g/mol. The van der Waals surface area contributed by atoms with Crippen LogP contribution in [0.1, 0.15) is 32.3 Å². The summed E-state index contributed by atoms with van der Waals surface area (Å²) >= 11 is 4.17. The first-order chi connectivity index (χ1) is 14.3. The molecule has 1 rings (SSSR count). The molecule has 0 saturated heterocycles. The molecule has 4 N–H and O–H groups in total. The maximum absolute atomic E-state index is 12.5. The van der Waals surface area contributed by atoms with E-state index in [1.54, 1.807) is 13.8 Å². The Morgan fingerprint density at radius 3 is 2.33 bits per heavy atom. The highest BCUT2D eigenvalue weighted by Crippen LogP contribution is 2.14. The fourth-order valence-corrected chi connectivity index (χ4v) is 2.83. The first-order valence-electron chi connectivity index (χ1n) is 10.0. The monoisotopic (exact) mass is 439 g/mol. The number of amides is 2. The van der Waals surface area contributed by atoms with Crippen LogP contribution in [0.5, 0.6) is 5.75 Å². The Morgan fingerprint density at radius 2 is 1.77 bits per heavy atom. The highest BCUT2D eigenvalue weighted by molar-refractivity contribution is 7.80. The molecule has 0 aromatic heterocycles. The highest BCUT2D eigenvalue weighted by Gasteiger charge is 2.26. The van der Waals surface area contributed by atoms with Crippen LogP contribution in [0.4, 0.5) is 0 Å². The fourth-order valence-electron chi connectivity index (χ4n) is 2.61. The van der Waals surface area contributed by atoms with Crippen LogP contribution in [0.15, 0.2) is 24.3 Å². The van der Waals surface area contributed by atoms with Gasteiger partial charge in [-0.15, -0.1) is 0 Å². The molecule has 1 aromatic rings. The molecule has 30 heavy (non-hydrogen) atoms. The second-order valence-corrected chi connectivity index (χ2v) is 7.71. The van der Waals surface area contributed by atoms with Crippen LogP contribution in [0, 0.1) is 5.92 Å². The number of rotatable bonds is 13. The first-order valence-corrected chi connectivity index (χ1v) is 10.6. The molecule has 2 atom stereocenters. The van der Waals surface area contributed by atoms with Gasteiger partial charge in [0.25, 0.3) is 0 Å². The van der Waals surface area contributed by atoms with E-state index in [4.69, 9.17) is 10.5 Å². The Morgan fingerprint density at radius 1 is 1.10 bits per heavy atom. The molecule has 0 aliphatic rings. The minimum absolute atomic E-state index is 0.183. The number of carbonyl (C=O) groups excluding carboxylic acids is 3. The van der Waals surface area contributed by atoms with E-state index in [1.807, 2.05) is 24.3 Å². The normalized spacial score (nSPS) is 12.7. The lowest BCUT2D eigenvalue weighted by Gasteiger charge is -2.23. The van der Waals surface area contributed by atoms with Gasteiger partial charge in [0.2, 0.25) is 11.8 Å². The molecule has 0 radical (unpaired) electrons. The van der Waals surface area contributed by atoms with Crippen LogP contribution in [0.3, 0.4) is 0 Å². The van der Waals surface area contributed by atoms with E-state index in [0.717, 1.165) is 29.9 Å². The number of carbonyl (C=O) groups is 3. The average Bonchev–Trinajstić information content (AvgIpc) is 2.73. The quantitative estimate of drug-likeness (QED) is 0.207. The van der Waals surface area contributed by atoms with E-state index >= 15 is 0 Å². The predicted octanol–water partition coefficient (Wildman–Crippen LogP) is 1.08. The number of ether oxygens (including phenoxy) is 2. The Kier molecular flexibility index (Phi) is 11.9. The Hall–Kier alpha value is -2.26. The summed E-state index contributed by atoms with van der Waals surface area (Å²) in [5.74, 6) is -0.0457. The van der Waals surface area contributed by atoms with Crippen LogP contribution in [0.25, 0.3) is 0 Å². The second kappa shape index (κ2) is 13.9. The van der Waals surface area contributed by atoms with Crippen molar-refractivity contribution in [2.45, 2.75) is 45.2 Å². The van der Waals surface area contributed by atoms with Gasteiger partial charge in [-0.05, 0) is 48.6 Å². The zero-order valence-electron chi connectivity index (χ0n) is 17.8. The molecular formula is C21H33N3O5S. The van der Waals surface area contributed by atoms with E-state index in [1.165, 1.54) is 7.11 Å². The summed E-state index contributed by atoms with van der Waals surface area (Å²) < 4.78 is 10.1. The Labute approximate surface area is 183 Å². The number of hydrogen-bond acceptors (Lipinski definition) is 7. The average molecular weight is 440 g/mol.